The molecule has 0 aromatic rings. The van der Waals surface area contributed by atoms with Crippen molar-refractivity contribution >= 4 is 23.0 Å². The first-order valence-electron chi connectivity index (χ1n) is 9.14. The molecule has 1 heterocycles. The molecule has 1 saturated heterocycles. The molecule has 0 atom stereocenters. The molecule has 1 fully saturated rings. The Bertz CT molecular complexity index is 720. The molecule has 140 valence electrons. The molecule has 2 aliphatic rings. The lowest BCUT2D eigenvalue weighted by atomic mass is 10.0. The fourth-order valence-electron chi connectivity index (χ4n) is 2.99. The van der Waals surface area contributed by atoms with Crippen LogP contribution >= 0.6 is 11.6 Å². The van der Waals surface area contributed by atoms with Crippen molar-refractivity contribution in [3.8, 4) is 0 Å². The zero-order valence-electron chi connectivity index (χ0n) is 15.9. The number of nitrogens with one attached hydrogen (secondary N) is 1. The zero-order valence-corrected chi connectivity index (χ0v) is 16.7. The van der Waals surface area contributed by atoms with E-state index in [0.29, 0.717) is 28.8 Å². The van der Waals surface area contributed by atoms with E-state index in [0.717, 1.165) is 42.9 Å². The molecule has 0 bridgehead atoms. The average molecular weight is 374 g/mol. The van der Waals surface area contributed by atoms with Gasteiger partial charge < -0.3 is 9.64 Å². The Morgan fingerprint density at radius 2 is 2.04 bits per heavy atom. The maximum atomic E-state index is 8.28. The highest BCUT2D eigenvalue weighted by atomic mass is 35.5. The number of halogens is 1. The molecule has 4 nitrogen and oxygen atoms in total. The smallest absolute Gasteiger partial charge is 0.146 e. The maximum absolute atomic E-state index is 8.28. The molecule has 0 unspecified atom stereocenters. The third-order valence-electron chi connectivity index (χ3n) is 4.21. The summed E-state index contributed by atoms with van der Waals surface area (Å²) in [6.45, 7) is 12.1. The minimum atomic E-state index is 0.386. The van der Waals surface area contributed by atoms with Gasteiger partial charge in [0.15, 0.2) is 0 Å². The summed E-state index contributed by atoms with van der Waals surface area (Å²) in [6, 6.07) is 0. The number of rotatable bonds is 6. The highest BCUT2D eigenvalue weighted by Gasteiger charge is 2.23. The lowest BCUT2D eigenvalue weighted by molar-refractivity contribution is 0.249. The molecule has 0 saturated carbocycles. The van der Waals surface area contributed by atoms with Crippen LogP contribution in [0.4, 0.5) is 0 Å². The lowest BCUT2D eigenvalue weighted by Gasteiger charge is -2.32. The van der Waals surface area contributed by atoms with E-state index in [4.69, 9.17) is 26.7 Å². The van der Waals surface area contributed by atoms with Crippen molar-refractivity contribution in [1.29, 1.82) is 5.41 Å². The molecule has 26 heavy (non-hydrogen) atoms. The largest absolute Gasteiger partial charge is 0.492 e. The number of allylic oxidation sites excluding steroid dienone is 6. The number of hydrogen-bond donors (Lipinski definition) is 1. The van der Waals surface area contributed by atoms with E-state index < -0.39 is 0 Å². The topological polar surface area (TPSA) is 48.7 Å². The number of piperidine rings is 1. The Morgan fingerprint density at radius 3 is 2.62 bits per heavy atom. The first kappa shape index (κ1) is 20.2. The Balaban J connectivity index is 2.44. The Morgan fingerprint density at radius 1 is 1.35 bits per heavy atom. The molecular weight excluding hydrogens is 346 g/mol. The fraction of sp³-hybridized carbons (Fsp3) is 0.429. The third-order valence-corrected chi connectivity index (χ3v) is 4.51. The van der Waals surface area contributed by atoms with Crippen LogP contribution in [0.2, 0.25) is 0 Å². The molecule has 1 aliphatic heterocycles. The molecular formula is C21H28ClN3O. The van der Waals surface area contributed by atoms with Gasteiger partial charge in [-0.1, -0.05) is 29.8 Å². The van der Waals surface area contributed by atoms with Crippen molar-refractivity contribution in [2.75, 3.05) is 19.7 Å². The van der Waals surface area contributed by atoms with Gasteiger partial charge in [0.05, 0.1) is 34.5 Å². The van der Waals surface area contributed by atoms with E-state index in [1.165, 1.54) is 6.42 Å². The minimum absolute atomic E-state index is 0.386. The molecule has 2 rings (SSSR count). The maximum Gasteiger partial charge on any atom is 0.146 e. The number of nitrogens with zero attached hydrogens (tertiary/aromatic N) is 2. The van der Waals surface area contributed by atoms with Crippen LogP contribution in [0.1, 0.15) is 40.0 Å². The Hall–Kier alpha value is -2.07. The zero-order chi connectivity index (χ0) is 19.1. The Labute approximate surface area is 161 Å². The highest BCUT2D eigenvalue weighted by molar-refractivity contribution is 6.32. The molecule has 0 spiro atoms. The van der Waals surface area contributed by atoms with Gasteiger partial charge >= 0.3 is 0 Å². The number of aliphatic imine (C=N–C) groups is 1. The van der Waals surface area contributed by atoms with E-state index in [9.17, 15) is 0 Å². The van der Waals surface area contributed by atoms with Crippen molar-refractivity contribution in [2.45, 2.75) is 40.0 Å². The van der Waals surface area contributed by atoms with Gasteiger partial charge in [-0.3, -0.25) is 5.41 Å². The number of ether oxygens (including phenoxy) is 1. The van der Waals surface area contributed by atoms with Gasteiger partial charge in [-0.05, 0) is 52.2 Å². The van der Waals surface area contributed by atoms with E-state index in [2.05, 4.69) is 11.5 Å². The van der Waals surface area contributed by atoms with Crippen molar-refractivity contribution in [2.24, 2.45) is 4.99 Å². The van der Waals surface area contributed by atoms with Crippen LogP contribution in [0, 0.1) is 5.41 Å². The van der Waals surface area contributed by atoms with Crippen LogP contribution in [0.25, 0.3) is 0 Å². The first-order valence-corrected chi connectivity index (χ1v) is 9.52. The standard InChI is InChI=1S/C21H28ClN3O/c1-5-18(16(22)12-15(3)4)24-19-14-21(26-6-2)17(23)13-20(19)25-10-8-7-9-11-25/h5,12-14,23H,3,6-11H2,1-2,4H3/b16-12+,18-5+,23-17?,24-19+. The number of likely N-dealkylation sites (tertiary alicyclic amines) is 1. The van der Waals surface area contributed by atoms with E-state index >= 15 is 0 Å². The summed E-state index contributed by atoms with van der Waals surface area (Å²) in [6.07, 6.45) is 11.0. The van der Waals surface area contributed by atoms with Gasteiger partial charge in [0.25, 0.3) is 0 Å². The lowest BCUT2D eigenvalue weighted by Crippen LogP contribution is -2.34. The molecule has 0 aromatic heterocycles. The van der Waals surface area contributed by atoms with Crippen LogP contribution in [0.15, 0.2) is 63.6 Å². The van der Waals surface area contributed by atoms with Crippen LogP contribution in [0.3, 0.4) is 0 Å². The van der Waals surface area contributed by atoms with Crippen LogP contribution in [0.5, 0.6) is 0 Å². The van der Waals surface area contributed by atoms with Crippen LogP contribution in [-0.4, -0.2) is 36.0 Å². The van der Waals surface area contributed by atoms with Gasteiger partial charge in [-0.2, -0.15) is 0 Å². The summed E-state index contributed by atoms with van der Waals surface area (Å²) in [5.74, 6) is 0.544. The molecule has 0 radical (unpaired) electrons. The predicted molar refractivity (Wildman–Crippen MR) is 111 cm³/mol. The van der Waals surface area contributed by atoms with Crippen LogP contribution < -0.4 is 0 Å². The number of hydrogen-bond acceptors (Lipinski definition) is 4. The molecule has 0 amide bonds. The molecule has 1 N–H and O–H groups in total. The van der Waals surface area contributed by atoms with E-state index in [1.54, 1.807) is 0 Å². The van der Waals surface area contributed by atoms with E-state index in [-0.39, 0.29) is 0 Å². The van der Waals surface area contributed by atoms with Gasteiger partial charge in [0, 0.05) is 19.2 Å². The second-order valence-electron chi connectivity index (χ2n) is 6.44. The van der Waals surface area contributed by atoms with E-state index in [1.807, 2.05) is 45.1 Å². The van der Waals surface area contributed by atoms with Gasteiger partial charge in [-0.15, -0.1) is 0 Å². The second kappa shape index (κ2) is 9.58. The minimum Gasteiger partial charge on any atom is -0.492 e. The monoisotopic (exact) mass is 373 g/mol. The van der Waals surface area contributed by atoms with Crippen molar-refractivity contribution in [3.05, 3.63) is 58.6 Å². The predicted octanol–water partition coefficient (Wildman–Crippen LogP) is 5.35. The van der Waals surface area contributed by atoms with Crippen molar-refractivity contribution in [1.82, 2.24) is 4.90 Å². The quantitative estimate of drug-likeness (QED) is 0.503. The second-order valence-corrected chi connectivity index (χ2v) is 6.85. The SMILES string of the molecule is C=C(C)\C=C(Cl)/C(=C\C)/N=C1\C=C(OCC)C(=N)C=C1N1CCCCC1. The normalized spacial score (nSPS) is 20.8. The van der Waals surface area contributed by atoms with Crippen molar-refractivity contribution < 1.29 is 4.74 Å². The summed E-state index contributed by atoms with van der Waals surface area (Å²) in [7, 11) is 0. The molecule has 1 aliphatic carbocycles. The molecule has 5 heteroatoms. The highest BCUT2D eigenvalue weighted by Crippen LogP contribution is 2.25. The first-order chi connectivity index (χ1) is 12.5. The summed E-state index contributed by atoms with van der Waals surface area (Å²) in [5, 5.41) is 8.83. The third kappa shape index (κ3) is 5.21. The molecule has 0 aromatic carbocycles. The average Bonchev–Trinajstić information content (AvgIpc) is 2.62. The van der Waals surface area contributed by atoms with Gasteiger partial charge in [0.1, 0.15) is 5.76 Å². The van der Waals surface area contributed by atoms with Gasteiger partial charge in [-0.25, -0.2) is 4.99 Å². The summed E-state index contributed by atoms with van der Waals surface area (Å²) in [5.41, 5.74) is 3.70. The summed E-state index contributed by atoms with van der Waals surface area (Å²) < 4.78 is 5.61. The Kier molecular flexibility index (Phi) is 7.46. The van der Waals surface area contributed by atoms with Crippen LogP contribution in [-0.2, 0) is 4.74 Å². The summed E-state index contributed by atoms with van der Waals surface area (Å²) >= 11 is 6.42. The van der Waals surface area contributed by atoms with Crippen molar-refractivity contribution in [3.63, 3.8) is 0 Å². The fourth-order valence-corrected chi connectivity index (χ4v) is 3.32. The van der Waals surface area contributed by atoms with Gasteiger partial charge in [0.2, 0.25) is 0 Å². The summed E-state index contributed by atoms with van der Waals surface area (Å²) in [4.78, 5) is 7.11.